The molecule has 92 valence electrons. The van der Waals surface area contributed by atoms with E-state index in [-0.39, 0.29) is 35.3 Å². The zero-order valence-electron chi connectivity index (χ0n) is 10.9. The van der Waals surface area contributed by atoms with Crippen LogP contribution >= 0.6 is 0 Å². The van der Waals surface area contributed by atoms with Crippen molar-refractivity contribution in [3.05, 3.63) is 47.3 Å². The maximum Gasteiger partial charge on any atom is 1.00 e. The molecule has 19 heavy (non-hydrogen) atoms. The van der Waals surface area contributed by atoms with Gasteiger partial charge in [0.15, 0.2) is 0 Å². The number of hydrogen-bond donors (Lipinski definition) is 0. The quantitative estimate of drug-likeness (QED) is 0.596. The molecule has 0 saturated carbocycles. The second-order valence-corrected chi connectivity index (χ2v) is 4.52. The molecular formula is C14H13N2NaO2. The maximum atomic E-state index is 11.1. The molecular weight excluding hydrogens is 251 g/mol. The SMILES string of the molecule is O=C([O-])c1nn(-c2ccccc2)c2c1CCCC2.[Na+]. The van der Waals surface area contributed by atoms with Gasteiger partial charge in [-0.15, -0.1) is 0 Å². The largest absolute Gasteiger partial charge is 1.00 e. The number of carboxylic acid groups (broad SMARTS) is 1. The van der Waals surface area contributed by atoms with Crippen LogP contribution < -0.4 is 34.7 Å². The Hall–Kier alpha value is -1.10. The Morgan fingerprint density at radius 3 is 2.53 bits per heavy atom. The van der Waals surface area contributed by atoms with Gasteiger partial charge in [0.25, 0.3) is 0 Å². The van der Waals surface area contributed by atoms with Crippen molar-refractivity contribution >= 4 is 5.97 Å². The van der Waals surface area contributed by atoms with E-state index in [0.717, 1.165) is 42.6 Å². The van der Waals surface area contributed by atoms with Crippen molar-refractivity contribution < 1.29 is 39.5 Å². The third kappa shape index (κ3) is 2.61. The molecule has 0 radical (unpaired) electrons. The van der Waals surface area contributed by atoms with Crippen molar-refractivity contribution in [2.45, 2.75) is 25.7 Å². The number of para-hydroxylation sites is 1. The maximum absolute atomic E-state index is 11.1. The third-order valence-electron chi connectivity index (χ3n) is 3.37. The van der Waals surface area contributed by atoms with Gasteiger partial charge in [0, 0.05) is 11.3 Å². The van der Waals surface area contributed by atoms with Gasteiger partial charge in [-0.3, -0.25) is 0 Å². The number of benzene rings is 1. The summed E-state index contributed by atoms with van der Waals surface area (Å²) < 4.78 is 1.75. The van der Waals surface area contributed by atoms with E-state index in [4.69, 9.17) is 0 Å². The summed E-state index contributed by atoms with van der Waals surface area (Å²) >= 11 is 0. The van der Waals surface area contributed by atoms with Crippen molar-refractivity contribution in [1.82, 2.24) is 9.78 Å². The van der Waals surface area contributed by atoms with Crippen molar-refractivity contribution in [2.75, 3.05) is 0 Å². The fourth-order valence-electron chi connectivity index (χ4n) is 2.55. The molecule has 1 aromatic heterocycles. The fourth-order valence-corrected chi connectivity index (χ4v) is 2.55. The molecule has 0 bridgehead atoms. The first-order chi connectivity index (χ1) is 8.77. The van der Waals surface area contributed by atoms with Crippen molar-refractivity contribution in [2.24, 2.45) is 0 Å². The monoisotopic (exact) mass is 264 g/mol. The number of hydrogen-bond acceptors (Lipinski definition) is 3. The van der Waals surface area contributed by atoms with E-state index < -0.39 is 5.97 Å². The second-order valence-electron chi connectivity index (χ2n) is 4.52. The Bertz CT molecular complexity index is 593. The van der Waals surface area contributed by atoms with Gasteiger partial charge in [0.2, 0.25) is 0 Å². The first kappa shape index (κ1) is 14.3. The molecule has 0 unspecified atom stereocenters. The number of aromatic nitrogens is 2. The van der Waals surface area contributed by atoms with Crippen LogP contribution in [0.15, 0.2) is 30.3 Å². The van der Waals surface area contributed by atoms with Crippen LogP contribution in [0, 0.1) is 0 Å². The molecule has 1 aliphatic rings. The van der Waals surface area contributed by atoms with Crippen molar-refractivity contribution in [1.29, 1.82) is 0 Å². The van der Waals surface area contributed by atoms with Crippen LogP contribution in [0.5, 0.6) is 0 Å². The number of rotatable bonds is 2. The molecule has 5 heteroatoms. The Morgan fingerprint density at radius 1 is 1.16 bits per heavy atom. The summed E-state index contributed by atoms with van der Waals surface area (Å²) in [4.78, 5) is 11.1. The summed E-state index contributed by atoms with van der Waals surface area (Å²) in [6, 6.07) is 9.64. The Kier molecular flexibility index (Phi) is 4.45. The molecule has 2 aromatic rings. The predicted octanol–water partition coefficient (Wildman–Crippen LogP) is -1.88. The van der Waals surface area contributed by atoms with E-state index in [2.05, 4.69) is 5.10 Å². The minimum atomic E-state index is -1.18. The standard InChI is InChI=1S/C14H14N2O2.Na/c17-14(18)13-11-8-4-5-9-12(11)16(15-13)10-6-2-1-3-7-10;/h1-3,6-7H,4-5,8-9H2,(H,17,18);/q;+1/p-1. The van der Waals surface area contributed by atoms with Gasteiger partial charge in [-0.25, -0.2) is 4.68 Å². The zero-order valence-corrected chi connectivity index (χ0v) is 12.9. The number of aromatic carboxylic acids is 1. The van der Waals surface area contributed by atoms with Crippen LogP contribution in [0.2, 0.25) is 0 Å². The molecule has 0 fully saturated rings. The van der Waals surface area contributed by atoms with Crippen LogP contribution in [0.25, 0.3) is 5.69 Å². The van der Waals surface area contributed by atoms with Gasteiger partial charge in [-0.2, -0.15) is 5.10 Å². The average Bonchev–Trinajstić information content (AvgIpc) is 2.79. The fraction of sp³-hybridized carbons (Fsp3) is 0.286. The topological polar surface area (TPSA) is 57.9 Å². The first-order valence-corrected chi connectivity index (χ1v) is 6.15. The molecule has 1 aliphatic carbocycles. The van der Waals surface area contributed by atoms with Gasteiger partial charge in [0.05, 0.1) is 11.7 Å². The Balaban J connectivity index is 0.00000133. The van der Waals surface area contributed by atoms with E-state index in [1.165, 1.54) is 0 Å². The zero-order chi connectivity index (χ0) is 12.5. The van der Waals surface area contributed by atoms with E-state index >= 15 is 0 Å². The van der Waals surface area contributed by atoms with Gasteiger partial charge in [0.1, 0.15) is 5.69 Å². The number of fused-ring (bicyclic) bond motifs is 1. The average molecular weight is 264 g/mol. The second kappa shape index (κ2) is 5.90. The minimum absolute atomic E-state index is 0. The normalized spacial score (nSPS) is 13.5. The molecule has 0 saturated heterocycles. The van der Waals surface area contributed by atoms with Crippen LogP contribution in [0.3, 0.4) is 0 Å². The number of nitrogens with zero attached hydrogens (tertiary/aromatic N) is 2. The molecule has 0 aliphatic heterocycles. The molecule has 0 amide bonds. The van der Waals surface area contributed by atoms with Gasteiger partial charge >= 0.3 is 29.6 Å². The van der Waals surface area contributed by atoms with Crippen molar-refractivity contribution in [3.8, 4) is 5.69 Å². The van der Waals surface area contributed by atoms with Crippen LogP contribution in [0.1, 0.15) is 34.6 Å². The minimum Gasteiger partial charge on any atom is -0.543 e. The predicted molar refractivity (Wildman–Crippen MR) is 64.5 cm³/mol. The Morgan fingerprint density at radius 2 is 1.84 bits per heavy atom. The number of carbonyl (C=O) groups is 1. The van der Waals surface area contributed by atoms with E-state index in [0.29, 0.717) is 0 Å². The summed E-state index contributed by atoms with van der Waals surface area (Å²) in [5.74, 6) is -1.18. The molecule has 4 nitrogen and oxygen atoms in total. The summed E-state index contributed by atoms with van der Waals surface area (Å²) in [6.07, 6.45) is 3.77. The van der Waals surface area contributed by atoms with E-state index in [9.17, 15) is 9.90 Å². The summed E-state index contributed by atoms with van der Waals surface area (Å²) in [7, 11) is 0. The van der Waals surface area contributed by atoms with Crippen molar-refractivity contribution in [3.63, 3.8) is 0 Å². The number of carbonyl (C=O) groups excluding carboxylic acids is 1. The van der Waals surface area contributed by atoms with Crippen LogP contribution in [-0.4, -0.2) is 15.7 Å². The third-order valence-corrected chi connectivity index (χ3v) is 3.37. The van der Waals surface area contributed by atoms with E-state index in [1.54, 1.807) is 4.68 Å². The molecule has 0 N–H and O–H groups in total. The summed E-state index contributed by atoms with van der Waals surface area (Å²) in [5.41, 5.74) is 2.88. The molecule has 0 atom stereocenters. The molecule has 0 spiro atoms. The Labute approximate surface area is 133 Å². The van der Waals surface area contributed by atoms with E-state index in [1.807, 2.05) is 30.3 Å². The summed E-state index contributed by atoms with van der Waals surface area (Å²) in [5, 5.41) is 15.3. The smallest absolute Gasteiger partial charge is 0.543 e. The molecule has 1 aromatic carbocycles. The van der Waals surface area contributed by atoms with Gasteiger partial charge in [-0.05, 0) is 37.8 Å². The van der Waals surface area contributed by atoms with Crippen LogP contribution in [0.4, 0.5) is 0 Å². The van der Waals surface area contributed by atoms with Gasteiger partial charge in [-0.1, -0.05) is 18.2 Å². The first-order valence-electron chi connectivity index (χ1n) is 6.15. The molecule has 3 rings (SSSR count). The summed E-state index contributed by atoms with van der Waals surface area (Å²) in [6.45, 7) is 0. The number of carboxylic acids is 1. The van der Waals surface area contributed by atoms with Crippen LogP contribution in [-0.2, 0) is 12.8 Å². The molecule has 1 heterocycles. The van der Waals surface area contributed by atoms with Gasteiger partial charge < -0.3 is 9.90 Å².